The minimum Gasteiger partial charge on any atom is -0.344 e. The molecule has 0 bridgehead atoms. The molecule has 7 aromatic rings. The van der Waals surface area contributed by atoms with Crippen LogP contribution in [0.5, 0.6) is 0 Å². The fourth-order valence-electron chi connectivity index (χ4n) is 10.6. The summed E-state index contributed by atoms with van der Waals surface area (Å²) in [5.74, 6) is 0. The van der Waals surface area contributed by atoms with Gasteiger partial charge in [0, 0.05) is 41.1 Å². The average Bonchev–Trinajstić information content (AvgIpc) is 3.65. The van der Waals surface area contributed by atoms with E-state index in [0.29, 0.717) is 0 Å². The number of anilines is 1. The Hall–Kier alpha value is -6.25. The number of allylic oxidation sites excluding steroid dienone is 4. The highest BCUT2D eigenvalue weighted by atomic mass is 15.2. The Morgan fingerprint density at radius 1 is 0.567 bits per heavy atom. The summed E-state index contributed by atoms with van der Waals surface area (Å²) in [4.78, 5) is 2.70. The van der Waals surface area contributed by atoms with Gasteiger partial charge in [0.1, 0.15) is 7.05 Å². The maximum Gasteiger partial charge on any atom is 0.209 e. The molecule has 298 valence electrons. The first kappa shape index (κ1) is 39.2. The molecule has 0 unspecified atom stereocenters. The molecule has 0 saturated carbocycles. The molecule has 0 fully saturated rings. The van der Waals surface area contributed by atoms with E-state index in [0.717, 1.165) is 38.6 Å². The lowest BCUT2D eigenvalue weighted by Gasteiger charge is -2.35. The third-order valence-corrected chi connectivity index (χ3v) is 13.2. The number of hydrogen-bond acceptors (Lipinski definition) is 1. The predicted molar refractivity (Wildman–Crippen MR) is 254 cm³/mol. The lowest BCUT2D eigenvalue weighted by atomic mass is 9.68. The van der Waals surface area contributed by atoms with E-state index < -0.39 is 0 Å². The van der Waals surface area contributed by atoms with Crippen molar-refractivity contribution in [2.24, 2.45) is 0 Å². The summed E-state index contributed by atoms with van der Waals surface area (Å²) in [5.41, 5.74) is 14.4. The van der Waals surface area contributed by atoms with Gasteiger partial charge in [-0.15, -0.1) is 0 Å². The van der Waals surface area contributed by atoms with Crippen LogP contribution in [-0.2, 0) is 36.5 Å². The first-order valence-corrected chi connectivity index (χ1v) is 22.1. The minimum atomic E-state index is -0.313. The first-order valence-electron chi connectivity index (χ1n) is 22.1. The number of rotatable bonds is 14. The highest BCUT2D eigenvalue weighted by Gasteiger charge is 2.51. The molecule has 0 aliphatic carbocycles. The molecule has 2 nitrogen and oxygen atoms in total. The number of aryl methyl sites for hydroxylation is 1. The van der Waals surface area contributed by atoms with Crippen molar-refractivity contribution in [3.8, 4) is 0 Å². The fraction of sp³-hybridized carbons (Fsp3) is 0.224. The zero-order valence-electron chi connectivity index (χ0n) is 35.5. The Kier molecular flexibility index (Phi) is 11.2. The second-order valence-corrected chi connectivity index (χ2v) is 17.2. The smallest absolute Gasteiger partial charge is 0.209 e. The molecule has 2 heteroatoms. The van der Waals surface area contributed by atoms with Crippen LogP contribution < -0.4 is 4.90 Å². The lowest BCUT2D eigenvalue weighted by molar-refractivity contribution is -0.401. The second-order valence-electron chi connectivity index (χ2n) is 17.2. The van der Waals surface area contributed by atoms with Crippen LogP contribution in [0, 0.1) is 6.92 Å². The van der Waals surface area contributed by atoms with Crippen LogP contribution in [-0.4, -0.2) is 23.9 Å². The van der Waals surface area contributed by atoms with Gasteiger partial charge in [-0.05, 0) is 95.8 Å². The summed E-state index contributed by atoms with van der Waals surface area (Å²) in [6, 6.07) is 65.6. The Balaban J connectivity index is 1.27. The van der Waals surface area contributed by atoms with E-state index in [1.807, 2.05) is 0 Å². The van der Waals surface area contributed by atoms with Crippen molar-refractivity contribution in [2.75, 3.05) is 18.5 Å². The van der Waals surface area contributed by atoms with Crippen molar-refractivity contribution in [3.05, 3.63) is 239 Å². The largest absolute Gasteiger partial charge is 0.344 e. The SMILES string of the molecule is CCCCCN1C(=CC=CC2=[N+](C)c3ccc(C)cc3C2(Cc2ccccc2)Cc2ccccc2)C(Cc2ccccc2)(Cc2ccccc2)c2c1ccc1ccccc21. The van der Waals surface area contributed by atoms with Gasteiger partial charge in [0.2, 0.25) is 5.69 Å². The van der Waals surface area contributed by atoms with Gasteiger partial charge in [0.05, 0.1) is 5.41 Å². The Labute approximate surface area is 357 Å². The summed E-state index contributed by atoms with van der Waals surface area (Å²) in [6.07, 6.45) is 14.5. The summed E-state index contributed by atoms with van der Waals surface area (Å²) >= 11 is 0. The fourth-order valence-corrected chi connectivity index (χ4v) is 10.6. The van der Waals surface area contributed by atoms with Crippen LogP contribution in [0.1, 0.15) is 65.1 Å². The normalized spacial score (nSPS) is 15.9. The number of unbranched alkanes of at least 4 members (excludes halogenated alkanes) is 2. The van der Waals surface area contributed by atoms with E-state index in [4.69, 9.17) is 0 Å². The van der Waals surface area contributed by atoms with Crippen LogP contribution in [0.4, 0.5) is 11.4 Å². The number of benzene rings is 7. The van der Waals surface area contributed by atoms with E-state index in [2.05, 4.69) is 225 Å². The Bertz CT molecular complexity index is 2590. The molecule has 0 aromatic heterocycles. The van der Waals surface area contributed by atoms with Crippen molar-refractivity contribution in [1.82, 2.24) is 0 Å². The van der Waals surface area contributed by atoms with Crippen molar-refractivity contribution in [3.63, 3.8) is 0 Å². The van der Waals surface area contributed by atoms with Gasteiger partial charge in [0.15, 0.2) is 5.71 Å². The Morgan fingerprint density at radius 3 is 1.67 bits per heavy atom. The third kappa shape index (κ3) is 7.45. The average molecular weight is 782 g/mol. The van der Waals surface area contributed by atoms with Gasteiger partial charge in [-0.1, -0.05) is 189 Å². The monoisotopic (exact) mass is 781 g/mol. The van der Waals surface area contributed by atoms with Crippen LogP contribution in [0.3, 0.4) is 0 Å². The molecular formula is C58H57N2+. The second kappa shape index (κ2) is 17.2. The highest BCUT2D eigenvalue weighted by Crippen LogP contribution is 2.55. The van der Waals surface area contributed by atoms with E-state index in [1.165, 1.54) is 85.3 Å². The van der Waals surface area contributed by atoms with Crippen molar-refractivity contribution in [1.29, 1.82) is 0 Å². The van der Waals surface area contributed by atoms with E-state index in [9.17, 15) is 0 Å². The maximum atomic E-state index is 2.70. The van der Waals surface area contributed by atoms with Gasteiger partial charge in [-0.3, -0.25) is 0 Å². The molecule has 0 spiro atoms. The molecule has 0 radical (unpaired) electrons. The highest BCUT2D eigenvalue weighted by molar-refractivity contribution is 6.04. The topological polar surface area (TPSA) is 6.25 Å². The standard InChI is InChI=1S/C58H57N2/c1-4-5-20-38-60-53-37-35-49-30-18-19-31-50(49)56(53)58(42-47-26-14-8-15-27-47,43-48-28-16-9-17-29-48)55(60)33-21-32-54-57(40-45-22-10-6-11-23-45,41-46-24-12-7-13-25-46)51-39-44(2)34-36-52(51)59(54)3/h6-19,21-37,39H,4-5,20,38,40-43H2,1-3H3/q+1. The zero-order valence-corrected chi connectivity index (χ0v) is 35.5. The molecule has 2 aliphatic heterocycles. The summed E-state index contributed by atoms with van der Waals surface area (Å²) in [7, 11) is 2.28. The maximum absolute atomic E-state index is 2.70. The van der Waals surface area contributed by atoms with Crippen LogP contribution in [0.2, 0.25) is 0 Å². The molecule has 60 heavy (non-hydrogen) atoms. The van der Waals surface area contributed by atoms with Gasteiger partial charge >= 0.3 is 0 Å². The number of nitrogens with zero attached hydrogens (tertiary/aromatic N) is 2. The zero-order chi connectivity index (χ0) is 40.9. The molecule has 2 aliphatic rings. The number of hydrogen-bond donors (Lipinski definition) is 0. The van der Waals surface area contributed by atoms with Crippen molar-refractivity contribution < 1.29 is 4.58 Å². The van der Waals surface area contributed by atoms with Crippen LogP contribution in [0.25, 0.3) is 10.8 Å². The molecular weight excluding hydrogens is 725 g/mol. The lowest BCUT2D eigenvalue weighted by Crippen LogP contribution is -2.39. The molecule has 9 rings (SSSR count). The summed E-state index contributed by atoms with van der Waals surface area (Å²) < 4.78 is 2.48. The summed E-state index contributed by atoms with van der Waals surface area (Å²) in [6.45, 7) is 5.53. The molecule has 0 atom stereocenters. The van der Waals surface area contributed by atoms with Crippen molar-refractivity contribution >= 4 is 27.9 Å². The van der Waals surface area contributed by atoms with Gasteiger partial charge in [0.25, 0.3) is 0 Å². The van der Waals surface area contributed by atoms with Crippen LogP contribution >= 0.6 is 0 Å². The van der Waals surface area contributed by atoms with Crippen LogP contribution in [0.15, 0.2) is 200 Å². The van der Waals surface area contributed by atoms with E-state index in [1.54, 1.807) is 0 Å². The minimum absolute atomic E-state index is 0.269. The molecule has 7 aromatic carbocycles. The molecule has 0 N–H and O–H groups in total. The predicted octanol–water partition coefficient (Wildman–Crippen LogP) is 13.5. The molecule has 2 heterocycles. The molecule has 0 saturated heterocycles. The number of fused-ring (bicyclic) bond motifs is 4. The van der Waals surface area contributed by atoms with E-state index >= 15 is 0 Å². The molecule has 0 amide bonds. The summed E-state index contributed by atoms with van der Waals surface area (Å²) in [5, 5.41) is 2.66. The Morgan fingerprint density at radius 2 is 1.10 bits per heavy atom. The first-order chi connectivity index (χ1) is 29.5. The van der Waals surface area contributed by atoms with Crippen molar-refractivity contribution in [2.45, 2.75) is 69.6 Å². The van der Waals surface area contributed by atoms with Gasteiger partial charge in [-0.25, -0.2) is 0 Å². The van der Waals surface area contributed by atoms with Gasteiger partial charge in [-0.2, -0.15) is 4.58 Å². The quantitative estimate of drug-likeness (QED) is 0.0787. The third-order valence-electron chi connectivity index (χ3n) is 13.2. The van der Waals surface area contributed by atoms with Gasteiger partial charge < -0.3 is 4.90 Å². The van der Waals surface area contributed by atoms with E-state index in [-0.39, 0.29) is 10.8 Å².